The molecular weight excluding hydrogens is 341 g/mol. The van der Waals surface area contributed by atoms with Crippen LogP contribution in [0.2, 0.25) is 0 Å². The van der Waals surface area contributed by atoms with Gasteiger partial charge in [0, 0.05) is 4.88 Å². The monoisotopic (exact) mass is 353 g/mol. The predicted octanol–water partition coefficient (Wildman–Crippen LogP) is 4.02. The van der Waals surface area contributed by atoms with Crippen LogP contribution < -0.4 is 4.72 Å². The molecule has 0 radical (unpaired) electrons. The third-order valence-electron chi connectivity index (χ3n) is 3.06. The lowest BCUT2D eigenvalue weighted by Gasteiger charge is -2.17. The van der Waals surface area contributed by atoms with Gasteiger partial charge < -0.3 is 0 Å². The van der Waals surface area contributed by atoms with Gasteiger partial charge in [0.25, 0.3) is 10.0 Å². The van der Waals surface area contributed by atoms with Crippen LogP contribution in [0.1, 0.15) is 16.5 Å². The van der Waals surface area contributed by atoms with Crippen LogP contribution in [-0.2, 0) is 10.0 Å². The Labute approximate surface area is 136 Å². The first kappa shape index (κ1) is 15.4. The number of benzene rings is 1. The van der Waals surface area contributed by atoms with Crippen LogP contribution in [0, 0.1) is 5.82 Å². The van der Waals surface area contributed by atoms with Crippen molar-refractivity contribution in [1.82, 2.24) is 4.72 Å². The van der Waals surface area contributed by atoms with Crippen molar-refractivity contribution in [1.29, 1.82) is 0 Å². The van der Waals surface area contributed by atoms with Gasteiger partial charge in [0.2, 0.25) is 0 Å². The van der Waals surface area contributed by atoms with Crippen LogP contribution >= 0.6 is 22.7 Å². The zero-order valence-corrected chi connectivity index (χ0v) is 13.7. The largest absolute Gasteiger partial charge is 0.250 e. The van der Waals surface area contributed by atoms with Crippen molar-refractivity contribution in [3.05, 3.63) is 75.5 Å². The summed E-state index contributed by atoms with van der Waals surface area (Å²) >= 11 is 2.61. The lowest BCUT2D eigenvalue weighted by Crippen LogP contribution is -2.28. The molecule has 0 saturated carbocycles. The van der Waals surface area contributed by atoms with E-state index in [2.05, 4.69) is 4.72 Å². The topological polar surface area (TPSA) is 46.2 Å². The number of rotatable bonds is 5. The Bertz CT molecular complexity index is 826. The van der Waals surface area contributed by atoms with Gasteiger partial charge in [-0.25, -0.2) is 12.8 Å². The molecule has 1 aromatic carbocycles. The van der Waals surface area contributed by atoms with Gasteiger partial charge in [-0.05, 0) is 40.6 Å². The maximum absolute atomic E-state index is 13.1. The van der Waals surface area contributed by atoms with E-state index in [-0.39, 0.29) is 10.0 Å². The molecule has 0 aliphatic heterocycles. The highest BCUT2D eigenvalue weighted by molar-refractivity contribution is 7.91. The van der Waals surface area contributed by atoms with Gasteiger partial charge in [-0.2, -0.15) is 4.72 Å². The molecule has 2 heterocycles. The number of sulfonamides is 1. The van der Waals surface area contributed by atoms with E-state index in [1.54, 1.807) is 29.6 Å². The van der Waals surface area contributed by atoms with Crippen molar-refractivity contribution < 1.29 is 12.8 Å². The minimum atomic E-state index is -3.62. The molecule has 2 aromatic heterocycles. The Morgan fingerprint density at radius 3 is 2.23 bits per heavy atom. The van der Waals surface area contributed by atoms with Crippen molar-refractivity contribution >= 4 is 32.7 Å². The Morgan fingerprint density at radius 1 is 0.955 bits per heavy atom. The number of hydrogen-bond donors (Lipinski definition) is 1. The van der Waals surface area contributed by atoms with Gasteiger partial charge >= 0.3 is 0 Å². The number of halogens is 1. The minimum Gasteiger partial charge on any atom is -0.207 e. The SMILES string of the molecule is O=S(=O)(N[C@@H](c1ccc(F)cc1)c1cccs1)c1cccs1. The fraction of sp³-hybridized carbons (Fsp3) is 0.0667. The molecule has 114 valence electrons. The molecule has 1 atom stereocenters. The third kappa shape index (κ3) is 3.27. The maximum Gasteiger partial charge on any atom is 0.250 e. The summed E-state index contributed by atoms with van der Waals surface area (Å²) in [6.07, 6.45) is 0. The van der Waals surface area contributed by atoms with Gasteiger partial charge in [-0.15, -0.1) is 22.7 Å². The fourth-order valence-electron chi connectivity index (χ4n) is 2.03. The zero-order valence-electron chi connectivity index (χ0n) is 11.3. The minimum absolute atomic E-state index is 0.260. The first-order valence-electron chi connectivity index (χ1n) is 6.41. The molecule has 22 heavy (non-hydrogen) atoms. The first-order valence-corrected chi connectivity index (χ1v) is 9.65. The first-order chi connectivity index (χ1) is 10.6. The van der Waals surface area contributed by atoms with E-state index in [0.29, 0.717) is 5.56 Å². The highest BCUT2D eigenvalue weighted by Crippen LogP contribution is 2.29. The number of nitrogens with one attached hydrogen (secondary N) is 1. The molecule has 0 aliphatic carbocycles. The summed E-state index contributed by atoms with van der Waals surface area (Å²) in [5, 5.41) is 3.60. The highest BCUT2D eigenvalue weighted by atomic mass is 32.2. The van der Waals surface area contributed by atoms with Crippen LogP contribution in [0.4, 0.5) is 4.39 Å². The summed E-state index contributed by atoms with van der Waals surface area (Å²) in [7, 11) is -3.62. The summed E-state index contributed by atoms with van der Waals surface area (Å²) in [6.45, 7) is 0. The average molecular weight is 353 g/mol. The molecular formula is C15H12FNO2S3. The smallest absolute Gasteiger partial charge is 0.207 e. The summed E-state index contributed by atoms with van der Waals surface area (Å²) < 4.78 is 41.0. The Balaban J connectivity index is 1.98. The lowest BCUT2D eigenvalue weighted by molar-refractivity contribution is 0.575. The van der Waals surface area contributed by atoms with Gasteiger partial charge in [0.05, 0.1) is 6.04 Å². The molecule has 1 N–H and O–H groups in total. The van der Waals surface area contributed by atoms with Crippen LogP contribution in [-0.4, -0.2) is 8.42 Å². The summed E-state index contributed by atoms with van der Waals surface area (Å²) in [5.41, 5.74) is 0.698. The van der Waals surface area contributed by atoms with E-state index in [9.17, 15) is 12.8 Å². The quantitative estimate of drug-likeness (QED) is 0.753. The van der Waals surface area contributed by atoms with E-state index in [1.165, 1.54) is 23.5 Å². The predicted molar refractivity (Wildman–Crippen MR) is 87.2 cm³/mol. The third-order valence-corrected chi connectivity index (χ3v) is 6.82. The van der Waals surface area contributed by atoms with Crippen molar-refractivity contribution in [3.8, 4) is 0 Å². The van der Waals surface area contributed by atoms with Crippen molar-refractivity contribution in [3.63, 3.8) is 0 Å². The molecule has 0 fully saturated rings. The molecule has 0 aliphatic rings. The van der Waals surface area contributed by atoms with Gasteiger partial charge in [-0.1, -0.05) is 24.3 Å². The molecule has 7 heteroatoms. The number of thiophene rings is 2. The number of hydrogen-bond acceptors (Lipinski definition) is 4. The Morgan fingerprint density at radius 2 is 1.64 bits per heavy atom. The zero-order chi connectivity index (χ0) is 15.6. The average Bonchev–Trinajstić information content (AvgIpc) is 3.19. The summed E-state index contributed by atoms with van der Waals surface area (Å²) in [5.74, 6) is -0.352. The molecule has 0 bridgehead atoms. The molecule has 0 unspecified atom stereocenters. The van der Waals surface area contributed by atoms with Crippen LogP contribution in [0.5, 0.6) is 0 Å². The van der Waals surface area contributed by atoms with Gasteiger partial charge in [0.15, 0.2) is 0 Å². The molecule has 3 aromatic rings. The second kappa shape index (κ2) is 6.29. The van der Waals surface area contributed by atoms with Gasteiger partial charge in [0.1, 0.15) is 10.0 Å². The summed E-state index contributed by atoms with van der Waals surface area (Å²) in [4.78, 5) is 0.853. The van der Waals surface area contributed by atoms with E-state index in [4.69, 9.17) is 0 Å². The second-order valence-corrected chi connectivity index (χ2v) is 8.42. The highest BCUT2D eigenvalue weighted by Gasteiger charge is 2.24. The molecule has 3 nitrogen and oxygen atoms in total. The van der Waals surface area contributed by atoms with Crippen LogP contribution in [0.15, 0.2) is 63.5 Å². The van der Waals surface area contributed by atoms with Crippen LogP contribution in [0.3, 0.4) is 0 Å². The van der Waals surface area contributed by atoms with E-state index in [1.807, 2.05) is 17.5 Å². The van der Waals surface area contributed by atoms with E-state index in [0.717, 1.165) is 16.2 Å². The molecule has 0 amide bonds. The Kier molecular flexibility index (Phi) is 4.39. The van der Waals surface area contributed by atoms with Crippen molar-refractivity contribution in [2.45, 2.75) is 10.3 Å². The van der Waals surface area contributed by atoms with Crippen molar-refractivity contribution in [2.75, 3.05) is 0 Å². The molecule has 0 spiro atoms. The normalized spacial score (nSPS) is 13.1. The van der Waals surface area contributed by atoms with Crippen LogP contribution in [0.25, 0.3) is 0 Å². The maximum atomic E-state index is 13.1. The lowest BCUT2D eigenvalue weighted by atomic mass is 10.1. The van der Waals surface area contributed by atoms with E-state index >= 15 is 0 Å². The fourth-order valence-corrected chi connectivity index (χ4v) is 5.12. The Hall–Kier alpha value is -1.54. The molecule has 0 saturated heterocycles. The van der Waals surface area contributed by atoms with Gasteiger partial charge in [-0.3, -0.25) is 0 Å². The van der Waals surface area contributed by atoms with E-state index < -0.39 is 16.1 Å². The molecule has 3 rings (SSSR count). The standard InChI is InChI=1S/C15H12FNO2S3/c16-12-7-5-11(6-8-12)15(13-3-1-9-20-13)17-22(18,19)14-4-2-10-21-14/h1-10,15,17H/t15-/m0/s1. The summed E-state index contributed by atoms with van der Waals surface area (Å²) in [6, 6.07) is 12.3. The van der Waals surface area contributed by atoms with Crippen molar-refractivity contribution in [2.24, 2.45) is 0 Å². The second-order valence-electron chi connectivity index (χ2n) is 4.55.